The summed E-state index contributed by atoms with van der Waals surface area (Å²) in [6, 6.07) is 5.93. The Kier molecular flexibility index (Phi) is 7.39. The second-order valence-electron chi connectivity index (χ2n) is 4.66. The Bertz CT molecular complexity index is 462. The molecular weight excluding hydrogens is 273 g/mol. The first kappa shape index (κ1) is 17.1. The third-order valence-corrected chi connectivity index (χ3v) is 3.06. The van der Waals surface area contributed by atoms with E-state index in [1.54, 1.807) is 19.2 Å². The van der Waals surface area contributed by atoms with Crippen LogP contribution < -0.4 is 10.6 Å². The molecule has 2 amide bonds. The lowest BCUT2D eigenvalue weighted by Crippen LogP contribution is -2.41. The topological polar surface area (TPSA) is 61.4 Å². The summed E-state index contributed by atoms with van der Waals surface area (Å²) in [5.74, 6) is -0.583. The van der Waals surface area contributed by atoms with Gasteiger partial charge in [-0.3, -0.25) is 9.59 Å². The lowest BCUT2D eigenvalue weighted by molar-refractivity contribution is -0.135. The van der Waals surface area contributed by atoms with Crippen LogP contribution in [0.1, 0.15) is 18.9 Å². The van der Waals surface area contributed by atoms with Gasteiger partial charge in [0.2, 0.25) is 11.8 Å². The molecule has 1 rings (SSSR count). The number of hydrogen-bond acceptors (Lipinski definition) is 3. The monoisotopic (exact) mass is 295 g/mol. The Labute approximate surface area is 124 Å². The van der Waals surface area contributed by atoms with Crippen molar-refractivity contribution in [2.24, 2.45) is 0 Å². The minimum Gasteiger partial charge on any atom is -0.350 e. The fraction of sp³-hybridized carbons (Fsp3) is 0.467. The number of hydrogen-bond donors (Lipinski definition) is 2. The normalized spacial score (nSPS) is 10.2. The van der Waals surface area contributed by atoms with Crippen LogP contribution in [0.5, 0.6) is 0 Å². The number of benzene rings is 1. The highest BCUT2D eigenvalue weighted by molar-refractivity contribution is 5.84. The molecule has 21 heavy (non-hydrogen) atoms. The highest BCUT2D eigenvalue weighted by Crippen LogP contribution is 2.02. The molecule has 2 N–H and O–H groups in total. The van der Waals surface area contributed by atoms with E-state index >= 15 is 0 Å². The van der Waals surface area contributed by atoms with Crippen molar-refractivity contribution in [3.05, 3.63) is 35.6 Å². The van der Waals surface area contributed by atoms with Gasteiger partial charge in [0, 0.05) is 26.1 Å². The minimum atomic E-state index is -0.308. The molecule has 0 spiro atoms. The molecule has 1 aromatic carbocycles. The molecular formula is C15H22FN3O2. The van der Waals surface area contributed by atoms with E-state index in [1.165, 1.54) is 17.0 Å². The van der Waals surface area contributed by atoms with Gasteiger partial charge in [-0.05, 0) is 31.7 Å². The van der Waals surface area contributed by atoms with E-state index < -0.39 is 0 Å². The van der Waals surface area contributed by atoms with Crippen molar-refractivity contribution in [2.75, 3.05) is 26.7 Å². The Morgan fingerprint density at radius 1 is 1.24 bits per heavy atom. The average molecular weight is 295 g/mol. The molecule has 0 bridgehead atoms. The lowest BCUT2D eigenvalue weighted by Gasteiger charge is -2.20. The quantitative estimate of drug-likeness (QED) is 0.749. The van der Waals surface area contributed by atoms with Gasteiger partial charge in [0.15, 0.2) is 0 Å². The molecule has 0 aromatic heterocycles. The summed E-state index contributed by atoms with van der Waals surface area (Å²) in [7, 11) is 1.78. The van der Waals surface area contributed by atoms with Crippen LogP contribution >= 0.6 is 0 Å². The summed E-state index contributed by atoms with van der Waals surface area (Å²) in [6.07, 6.45) is 0.371. The maximum absolute atomic E-state index is 12.8. The Morgan fingerprint density at radius 2 is 1.90 bits per heavy atom. The lowest BCUT2D eigenvalue weighted by atomic mass is 10.2. The van der Waals surface area contributed by atoms with E-state index in [0.29, 0.717) is 26.1 Å². The third kappa shape index (κ3) is 6.35. The Hall–Kier alpha value is -1.95. The van der Waals surface area contributed by atoms with Gasteiger partial charge < -0.3 is 15.5 Å². The molecule has 5 nitrogen and oxygen atoms in total. The molecule has 0 aliphatic rings. The number of carbonyl (C=O) groups is 2. The molecule has 0 unspecified atom stereocenters. The van der Waals surface area contributed by atoms with E-state index in [1.807, 2.05) is 6.92 Å². The first-order valence-electron chi connectivity index (χ1n) is 7.00. The molecule has 6 heteroatoms. The number of nitrogens with zero attached hydrogens (tertiary/aromatic N) is 1. The van der Waals surface area contributed by atoms with Crippen molar-refractivity contribution in [1.29, 1.82) is 0 Å². The van der Waals surface area contributed by atoms with Crippen LogP contribution in [0.25, 0.3) is 0 Å². The van der Waals surface area contributed by atoms with Gasteiger partial charge >= 0.3 is 0 Å². The SMILES string of the molecule is CCN(CC(=O)NCc1ccc(F)cc1)C(=O)CCNC. The maximum atomic E-state index is 12.8. The summed E-state index contributed by atoms with van der Waals surface area (Å²) in [4.78, 5) is 25.2. The van der Waals surface area contributed by atoms with Gasteiger partial charge in [0.05, 0.1) is 6.54 Å². The van der Waals surface area contributed by atoms with Crippen molar-refractivity contribution >= 4 is 11.8 Å². The Morgan fingerprint density at radius 3 is 2.48 bits per heavy atom. The van der Waals surface area contributed by atoms with Crippen LogP contribution in [0.2, 0.25) is 0 Å². The third-order valence-electron chi connectivity index (χ3n) is 3.06. The maximum Gasteiger partial charge on any atom is 0.239 e. The van der Waals surface area contributed by atoms with Crippen LogP contribution in [-0.2, 0) is 16.1 Å². The summed E-state index contributed by atoms with van der Waals surface area (Å²) in [5.41, 5.74) is 0.814. The largest absolute Gasteiger partial charge is 0.350 e. The molecule has 0 heterocycles. The van der Waals surface area contributed by atoms with E-state index in [4.69, 9.17) is 0 Å². The molecule has 116 valence electrons. The molecule has 0 aliphatic carbocycles. The van der Waals surface area contributed by atoms with Gasteiger partial charge in [-0.1, -0.05) is 12.1 Å². The average Bonchev–Trinajstić information content (AvgIpc) is 2.49. The fourth-order valence-electron chi connectivity index (χ4n) is 1.80. The van der Waals surface area contributed by atoms with Crippen molar-refractivity contribution in [1.82, 2.24) is 15.5 Å². The zero-order valence-corrected chi connectivity index (χ0v) is 12.5. The van der Waals surface area contributed by atoms with Gasteiger partial charge in [-0.2, -0.15) is 0 Å². The molecule has 0 radical (unpaired) electrons. The summed E-state index contributed by atoms with van der Waals surface area (Å²) < 4.78 is 12.8. The minimum absolute atomic E-state index is 0.0419. The van der Waals surface area contributed by atoms with Crippen molar-refractivity contribution in [3.8, 4) is 0 Å². The second kappa shape index (κ2) is 9.07. The predicted molar refractivity (Wildman–Crippen MR) is 79.0 cm³/mol. The van der Waals surface area contributed by atoms with Gasteiger partial charge in [-0.25, -0.2) is 4.39 Å². The van der Waals surface area contributed by atoms with Crippen LogP contribution in [0, 0.1) is 5.82 Å². The van der Waals surface area contributed by atoms with Crippen LogP contribution in [0.15, 0.2) is 24.3 Å². The number of nitrogens with one attached hydrogen (secondary N) is 2. The van der Waals surface area contributed by atoms with E-state index in [-0.39, 0.29) is 24.2 Å². The zero-order chi connectivity index (χ0) is 15.7. The summed E-state index contributed by atoms with van der Waals surface area (Å²) >= 11 is 0. The van der Waals surface area contributed by atoms with Crippen molar-refractivity contribution in [3.63, 3.8) is 0 Å². The standard InChI is InChI=1S/C15H22FN3O2/c1-3-19(15(21)8-9-17-2)11-14(20)18-10-12-4-6-13(16)7-5-12/h4-7,17H,3,8-11H2,1-2H3,(H,18,20). The Balaban J connectivity index is 2.40. The molecule has 1 aromatic rings. The van der Waals surface area contributed by atoms with Gasteiger partial charge in [0.25, 0.3) is 0 Å². The highest BCUT2D eigenvalue weighted by Gasteiger charge is 2.14. The number of likely N-dealkylation sites (N-methyl/N-ethyl adjacent to an activating group) is 1. The molecule has 0 saturated carbocycles. The van der Waals surface area contributed by atoms with E-state index in [9.17, 15) is 14.0 Å². The first-order valence-corrected chi connectivity index (χ1v) is 7.00. The summed E-state index contributed by atoms with van der Waals surface area (Å²) in [5, 5.41) is 5.63. The van der Waals surface area contributed by atoms with Crippen molar-refractivity contribution < 1.29 is 14.0 Å². The molecule has 0 atom stereocenters. The highest BCUT2D eigenvalue weighted by atomic mass is 19.1. The zero-order valence-electron chi connectivity index (χ0n) is 12.5. The number of rotatable bonds is 8. The molecule has 0 saturated heterocycles. The smallest absolute Gasteiger partial charge is 0.239 e. The van der Waals surface area contributed by atoms with Gasteiger partial charge in [-0.15, -0.1) is 0 Å². The van der Waals surface area contributed by atoms with Crippen molar-refractivity contribution in [2.45, 2.75) is 19.9 Å². The molecule has 0 aliphatic heterocycles. The first-order chi connectivity index (χ1) is 10.1. The fourth-order valence-corrected chi connectivity index (χ4v) is 1.80. The van der Waals surface area contributed by atoms with E-state index in [0.717, 1.165) is 5.56 Å². The predicted octanol–water partition coefficient (Wildman–Crippen LogP) is 0.900. The number of amides is 2. The van der Waals surface area contributed by atoms with Crippen LogP contribution in [0.3, 0.4) is 0 Å². The number of halogens is 1. The van der Waals surface area contributed by atoms with E-state index in [2.05, 4.69) is 10.6 Å². The van der Waals surface area contributed by atoms with Crippen LogP contribution in [-0.4, -0.2) is 43.4 Å². The summed E-state index contributed by atoms with van der Waals surface area (Å²) in [6.45, 7) is 3.28. The number of carbonyl (C=O) groups excluding carboxylic acids is 2. The second-order valence-corrected chi connectivity index (χ2v) is 4.66. The van der Waals surface area contributed by atoms with Gasteiger partial charge in [0.1, 0.15) is 5.82 Å². The van der Waals surface area contributed by atoms with Crippen LogP contribution in [0.4, 0.5) is 4.39 Å². The molecule has 0 fully saturated rings.